The molecule has 0 fully saturated rings. The number of benzene rings is 3. The van der Waals surface area contributed by atoms with E-state index in [0.717, 1.165) is 22.4 Å². The van der Waals surface area contributed by atoms with Gasteiger partial charge >= 0.3 is 0 Å². The van der Waals surface area contributed by atoms with Crippen molar-refractivity contribution < 1.29 is 4.79 Å². The SMILES string of the molecule is O=C1c2ccccc2N[C@@H](c2ccccc2)N1Cc1ccccc1. The smallest absolute Gasteiger partial charge is 0.258 e. The number of nitrogens with zero attached hydrogens (tertiary/aromatic N) is 1. The van der Waals surface area contributed by atoms with Gasteiger partial charge in [0.2, 0.25) is 0 Å². The van der Waals surface area contributed by atoms with Gasteiger partial charge in [-0.15, -0.1) is 0 Å². The standard InChI is InChI=1S/C21H18N2O/c24-21-18-13-7-8-14-19(18)22-20(17-11-5-2-6-12-17)23(21)15-16-9-3-1-4-10-16/h1-14,20,22H,15H2/t20-/m1/s1. The fraction of sp³-hybridized carbons (Fsp3) is 0.0952. The lowest BCUT2D eigenvalue weighted by Gasteiger charge is -2.38. The van der Waals surface area contributed by atoms with Gasteiger partial charge in [-0.1, -0.05) is 72.8 Å². The van der Waals surface area contributed by atoms with Crippen LogP contribution >= 0.6 is 0 Å². The van der Waals surface area contributed by atoms with Gasteiger partial charge < -0.3 is 10.2 Å². The molecule has 0 aromatic heterocycles. The van der Waals surface area contributed by atoms with Crippen molar-refractivity contribution in [3.05, 3.63) is 102 Å². The molecule has 3 heteroatoms. The summed E-state index contributed by atoms with van der Waals surface area (Å²) in [6.07, 6.45) is -0.172. The van der Waals surface area contributed by atoms with Crippen LogP contribution in [0.25, 0.3) is 0 Å². The van der Waals surface area contributed by atoms with Crippen molar-refractivity contribution in [3.8, 4) is 0 Å². The van der Waals surface area contributed by atoms with Crippen LogP contribution in [-0.4, -0.2) is 10.8 Å². The second-order valence-corrected chi connectivity index (χ2v) is 5.92. The van der Waals surface area contributed by atoms with Crippen LogP contribution in [0, 0.1) is 0 Å². The molecule has 3 nitrogen and oxygen atoms in total. The van der Waals surface area contributed by atoms with Gasteiger partial charge in [-0.2, -0.15) is 0 Å². The largest absolute Gasteiger partial charge is 0.361 e. The number of para-hydroxylation sites is 1. The number of hydrogen-bond acceptors (Lipinski definition) is 2. The van der Waals surface area contributed by atoms with Crippen molar-refractivity contribution in [2.24, 2.45) is 0 Å². The molecule has 1 amide bonds. The number of hydrogen-bond donors (Lipinski definition) is 1. The van der Waals surface area contributed by atoms with Gasteiger partial charge in [-0.05, 0) is 23.3 Å². The average molecular weight is 314 g/mol. The number of anilines is 1. The summed E-state index contributed by atoms with van der Waals surface area (Å²) in [6.45, 7) is 0.570. The first kappa shape index (κ1) is 14.5. The molecule has 3 aromatic carbocycles. The lowest BCUT2D eigenvalue weighted by Crippen LogP contribution is -2.42. The first-order valence-electron chi connectivity index (χ1n) is 8.08. The van der Waals surface area contributed by atoms with E-state index in [4.69, 9.17) is 0 Å². The number of fused-ring (bicyclic) bond motifs is 1. The van der Waals surface area contributed by atoms with Crippen LogP contribution in [0.15, 0.2) is 84.9 Å². The summed E-state index contributed by atoms with van der Waals surface area (Å²) in [7, 11) is 0. The van der Waals surface area contributed by atoms with E-state index < -0.39 is 0 Å². The van der Waals surface area contributed by atoms with Crippen LogP contribution in [0.4, 0.5) is 5.69 Å². The highest BCUT2D eigenvalue weighted by molar-refractivity contribution is 6.01. The molecule has 0 bridgehead atoms. The van der Waals surface area contributed by atoms with E-state index in [1.807, 2.05) is 65.6 Å². The Morgan fingerprint density at radius 1 is 0.792 bits per heavy atom. The van der Waals surface area contributed by atoms with E-state index in [2.05, 4.69) is 29.6 Å². The van der Waals surface area contributed by atoms with E-state index in [9.17, 15) is 4.79 Å². The third-order valence-electron chi connectivity index (χ3n) is 4.33. The Kier molecular flexibility index (Phi) is 3.75. The Balaban J connectivity index is 1.76. The molecule has 1 aliphatic rings. The molecule has 118 valence electrons. The Hall–Kier alpha value is -3.07. The number of rotatable bonds is 3. The molecule has 0 aliphatic carbocycles. The van der Waals surface area contributed by atoms with Gasteiger partial charge in [0.25, 0.3) is 5.91 Å². The molecular weight excluding hydrogens is 296 g/mol. The predicted molar refractivity (Wildman–Crippen MR) is 95.6 cm³/mol. The summed E-state index contributed by atoms with van der Waals surface area (Å²) in [5, 5.41) is 3.52. The Morgan fingerprint density at radius 2 is 1.42 bits per heavy atom. The highest BCUT2D eigenvalue weighted by Gasteiger charge is 2.32. The topological polar surface area (TPSA) is 32.3 Å². The number of carbonyl (C=O) groups is 1. The van der Waals surface area contributed by atoms with Crippen molar-refractivity contribution in [2.75, 3.05) is 5.32 Å². The summed E-state index contributed by atoms with van der Waals surface area (Å²) in [4.78, 5) is 15.0. The third kappa shape index (κ3) is 2.65. The molecule has 1 atom stereocenters. The zero-order valence-electron chi connectivity index (χ0n) is 13.2. The summed E-state index contributed by atoms with van der Waals surface area (Å²) in [5.41, 5.74) is 3.81. The van der Waals surface area contributed by atoms with Crippen molar-refractivity contribution in [3.63, 3.8) is 0 Å². The van der Waals surface area contributed by atoms with Gasteiger partial charge in [-0.3, -0.25) is 4.79 Å². The van der Waals surface area contributed by atoms with Crippen LogP contribution in [-0.2, 0) is 6.54 Å². The zero-order chi connectivity index (χ0) is 16.4. The van der Waals surface area contributed by atoms with Crippen LogP contribution in [0.5, 0.6) is 0 Å². The maximum Gasteiger partial charge on any atom is 0.258 e. The monoisotopic (exact) mass is 314 g/mol. The second kappa shape index (κ2) is 6.20. The molecule has 0 radical (unpaired) electrons. The number of carbonyl (C=O) groups excluding carboxylic acids is 1. The molecule has 0 saturated carbocycles. The minimum Gasteiger partial charge on any atom is -0.361 e. The fourth-order valence-corrected chi connectivity index (χ4v) is 3.13. The molecule has 4 rings (SSSR count). The molecule has 1 heterocycles. The first-order chi connectivity index (χ1) is 11.8. The Bertz CT molecular complexity index is 846. The van der Waals surface area contributed by atoms with Gasteiger partial charge in [0, 0.05) is 12.2 Å². The maximum absolute atomic E-state index is 13.1. The maximum atomic E-state index is 13.1. The number of amides is 1. The summed E-state index contributed by atoms with van der Waals surface area (Å²) in [5.74, 6) is 0.0575. The van der Waals surface area contributed by atoms with Crippen LogP contribution in [0.2, 0.25) is 0 Å². The van der Waals surface area contributed by atoms with E-state index in [0.29, 0.717) is 6.54 Å². The van der Waals surface area contributed by atoms with Gasteiger partial charge in [0.05, 0.1) is 5.56 Å². The quantitative estimate of drug-likeness (QED) is 0.774. The summed E-state index contributed by atoms with van der Waals surface area (Å²) in [6, 6.07) is 27.9. The van der Waals surface area contributed by atoms with Gasteiger partial charge in [0.1, 0.15) is 6.17 Å². The predicted octanol–water partition coefficient (Wildman–Crippen LogP) is 4.45. The molecule has 1 aliphatic heterocycles. The average Bonchev–Trinajstić information content (AvgIpc) is 2.65. The lowest BCUT2D eigenvalue weighted by atomic mass is 10.0. The summed E-state index contributed by atoms with van der Waals surface area (Å²) >= 11 is 0. The lowest BCUT2D eigenvalue weighted by molar-refractivity contribution is 0.0666. The minimum absolute atomic E-state index is 0.0575. The first-order valence-corrected chi connectivity index (χ1v) is 8.08. The molecular formula is C21H18N2O. The fourth-order valence-electron chi connectivity index (χ4n) is 3.13. The Labute approximate surface area is 141 Å². The third-order valence-corrected chi connectivity index (χ3v) is 4.33. The molecule has 1 N–H and O–H groups in total. The van der Waals surface area contributed by atoms with Gasteiger partial charge in [0.15, 0.2) is 0 Å². The normalized spacial score (nSPS) is 16.4. The second-order valence-electron chi connectivity index (χ2n) is 5.92. The van der Waals surface area contributed by atoms with Gasteiger partial charge in [-0.25, -0.2) is 0 Å². The van der Waals surface area contributed by atoms with Crippen molar-refractivity contribution >= 4 is 11.6 Å². The van der Waals surface area contributed by atoms with E-state index >= 15 is 0 Å². The highest BCUT2D eigenvalue weighted by Crippen LogP contribution is 2.33. The molecule has 0 spiro atoms. The van der Waals surface area contributed by atoms with Crippen LogP contribution < -0.4 is 5.32 Å². The number of nitrogens with one attached hydrogen (secondary N) is 1. The van der Waals surface area contributed by atoms with E-state index in [1.165, 1.54) is 0 Å². The highest BCUT2D eigenvalue weighted by atomic mass is 16.2. The minimum atomic E-state index is -0.172. The van der Waals surface area contributed by atoms with Crippen LogP contribution in [0.1, 0.15) is 27.7 Å². The van der Waals surface area contributed by atoms with Crippen molar-refractivity contribution in [1.82, 2.24) is 4.90 Å². The van der Waals surface area contributed by atoms with E-state index in [-0.39, 0.29) is 12.1 Å². The molecule has 24 heavy (non-hydrogen) atoms. The van der Waals surface area contributed by atoms with Crippen molar-refractivity contribution in [1.29, 1.82) is 0 Å². The zero-order valence-corrected chi connectivity index (χ0v) is 13.2. The Morgan fingerprint density at radius 3 is 2.17 bits per heavy atom. The van der Waals surface area contributed by atoms with Crippen LogP contribution in [0.3, 0.4) is 0 Å². The van der Waals surface area contributed by atoms with Crippen molar-refractivity contribution in [2.45, 2.75) is 12.7 Å². The molecule has 3 aromatic rings. The van der Waals surface area contributed by atoms with E-state index in [1.54, 1.807) is 0 Å². The summed E-state index contributed by atoms with van der Waals surface area (Å²) < 4.78 is 0. The molecule has 0 saturated heterocycles. The molecule has 0 unspecified atom stereocenters.